The number of carbonyl (C=O) groups excluding carboxylic acids is 1. The summed E-state index contributed by atoms with van der Waals surface area (Å²) in [6.07, 6.45) is 3.39. The number of aromatic amines is 1. The van der Waals surface area contributed by atoms with Gasteiger partial charge < -0.3 is 19.8 Å². The van der Waals surface area contributed by atoms with Gasteiger partial charge in [0.2, 0.25) is 5.88 Å². The number of hydrogen-bond donors (Lipinski definition) is 2. The summed E-state index contributed by atoms with van der Waals surface area (Å²) in [7, 11) is 3.18. The number of nitrogens with one attached hydrogen (secondary N) is 2. The molecule has 2 heterocycles. The van der Waals surface area contributed by atoms with E-state index in [0.717, 1.165) is 27.9 Å². The Labute approximate surface area is 168 Å². The van der Waals surface area contributed by atoms with Gasteiger partial charge in [0.15, 0.2) is 5.78 Å². The first kappa shape index (κ1) is 18.6. The first-order valence-corrected chi connectivity index (χ1v) is 9.20. The van der Waals surface area contributed by atoms with Crippen LogP contribution in [0.25, 0.3) is 10.9 Å². The summed E-state index contributed by atoms with van der Waals surface area (Å²) in [5.74, 6) is 1.18. The molecule has 0 fully saturated rings. The molecule has 0 spiro atoms. The van der Waals surface area contributed by atoms with E-state index in [1.807, 2.05) is 54.6 Å². The Morgan fingerprint density at radius 3 is 2.62 bits per heavy atom. The normalized spacial score (nSPS) is 11.8. The van der Waals surface area contributed by atoms with Crippen LogP contribution in [0, 0.1) is 0 Å². The van der Waals surface area contributed by atoms with Gasteiger partial charge in [0.25, 0.3) is 0 Å². The second kappa shape index (κ2) is 8.06. The summed E-state index contributed by atoms with van der Waals surface area (Å²) in [5.41, 5.74) is 3.09. The molecule has 0 aliphatic heterocycles. The van der Waals surface area contributed by atoms with Crippen molar-refractivity contribution >= 4 is 22.4 Å². The van der Waals surface area contributed by atoms with Crippen molar-refractivity contribution in [3.05, 3.63) is 84.2 Å². The van der Waals surface area contributed by atoms with Gasteiger partial charge in [0, 0.05) is 46.7 Å². The van der Waals surface area contributed by atoms with Gasteiger partial charge in [-0.05, 0) is 23.8 Å². The molecule has 0 amide bonds. The van der Waals surface area contributed by atoms with E-state index in [0.29, 0.717) is 11.4 Å². The topological polar surface area (TPSA) is 76.2 Å². The summed E-state index contributed by atoms with van der Waals surface area (Å²) in [6.45, 7) is 0. The first-order chi connectivity index (χ1) is 14.2. The number of hydrogen-bond acceptors (Lipinski definition) is 5. The number of ketones is 1. The molecule has 146 valence electrons. The third-order valence-electron chi connectivity index (χ3n) is 4.80. The third kappa shape index (κ3) is 3.78. The maximum Gasteiger partial charge on any atom is 0.214 e. The van der Waals surface area contributed by atoms with Crippen molar-refractivity contribution in [2.24, 2.45) is 0 Å². The van der Waals surface area contributed by atoms with Crippen LogP contribution in [0.3, 0.4) is 0 Å². The lowest BCUT2D eigenvalue weighted by Crippen LogP contribution is -2.21. The molecule has 1 unspecified atom stereocenters. The fourth-order valence-corrected chi connectivity index (χ4v) is 3.31. The predicted molar refractivity (Wildman–Crippen MR) is 113 cm³/mol. The van der Waals surface area contributed by atoms with Gasteiger partial charge >= 0.3 is 0 Å². The monoisotopic (exact) mass is 387 g/mol. The number of anilines is 1. The number of pyridine rings is 1. The molecule has 29 heavy (non-hydrogen) atoms. The largest absolute Gasteiger partial charge is 0.497 e. The van der Waals surface area contributed by atoms with Crippen LogP contribution in [-0.4, -0.2) is 30.0 Å². The fraction of sp³-hybridized carbons (Fsp3) is 0.130. The molecule has 0 aliphatic rings. The minimum Gasteiger partial charge on any atom is -0.497 e. The standard InChI is InChI=1S/C23H21N3O3/c1-28-17-8-9-18-19(14-25-20(18)13-17)23(27)22(15-6-4-3-5-7-15)26-16-10-11-24-21(12-16)29-2/h3-14,22,25H,1-2H3,(H,24,26). The van der Waals surface area contributed by atoms with Gasteiger partial charge in [0.1, 0.15) is 11.8 Å². The minimum absolute atomic E-state index is 0.0385. The summed E-state index contributed by atoms with van der Waals surface area (Å²) in [5, 5.41) is 4.19. The van der Waals surface area contributed by atoms with Crippen LogP contribution in [0.1, 0.15) is 22.0 Å². The van der Waals surface area contributed by atoms with Crippen LogP contribution < -0.4 is 14.8 Å². The molecule has 0 saturated heterocycles. The molecule has 2 aromatic carbocycles. The molecule has 0 aliphatic carbocycles. The van der Waals surface area contributed by atoms with E-state index in [1.54, 1.807) is 32.7 Å². The van der Waals surface area contributed by atoms with Crippen LogP contribution in [0.15, 0.2) is 73.1 Å². The molecule has 6 nitrogen and oxygen atoms in total. The molecule has 0 saturated carbocycles. The number of benzene rings is 2. The van der Waals surface area contributed by atoms with E-state index in [1.165, 1.54) is 0 Å². The molecule has 2 aromatic heterocycles. The van der Waals surface area contributed by atoms with Crippen LogP contribution in [-0.2, 0) is 0 Å². The lowest BCUT2D eigenvalue weighted by molar-refractivity contribution is 0.0971. The van der Waals surface area contributed by atoms with Crippen LogP contribution >= 0.6 is 0 Å². The van der Waals surface area contributed by atoms with Gasteiger partial charge in [-0.1, -0.05) is 30.3 Å². The number of Topliss-reactive ketones (excluding diaryl/α,β-unsaturated/α-hetero) is 1. The zero-order valence-corrected chi connectivity index (χ0v) is 16.2. The van der Waals surface area contributed by atoms with Crippen LogP contribution in [0.4, 0.5) is 5.69 Å². The number of H-pyrrole nitrogens is 1. The molecular formula is C23H21N3O3. The number of carbonyl (C=O) groups is 1. The summed E-state index contributed by atoms with van der Waals surface area (Å²) >= 11 is 0. The molecule has 0 bridgehead atoms. The number of methoxy groups -OCH3 is 2. The second-order valence-electron chi connectivity index (χ2n) is 6.55. The summed E-state index contributed by atoms with van der Waals surface area (Å²) in [6, 6.07) is 18.3. The average molecular weight is 387 g/mol. The highest BCUT2D eigenvalue weighted by atomic mass is 16.5. The number of nitrogens with zero attached hydrogens (tertiary/aromatic N) is 1. The third-order valence-corrected chi connectivity index (χ3v) is 4.80. The highest BCUT2D eigenvalue weighted by Crippen LogP contribution is 2.29. The van der Waals surface area contributed by atoms with E-state index >= 15 is 0 Å². The van der Waals surface area contributed by atoms with Gasteiger partial charge in [-0.25, -0.2) is 4.98 Å². The first-order valence-electron chi connectivity index (χ1n) is 9.20. The fourth-order valence-electron chi connectivity index (χ4n) is 3.31. The van der Waals surface area contributed by atoms with Gasteiger partial charge in [-0.2, -0.15) is 0 Å². The molecule has 1 atom stereocenters. The molecule has 4 rings (SSSR count). The smallest absolute Gasteiger partial charge is 0.214 e. The molecular weight excluding hydrogens is 366 g/mol. The Hall–Kier alpha value is -3.80. The van der Waals surface area contributed by atoms with Crippen molar-refractivity contribution in [1.29, 1.82) is 0 Å². The Morgan fingerprint density at radius 2 is 1.86 bits per heavy atom. The van der Waals surface area contributed by atoms with Crippen molar-refractivity contribution in [2.75, 3.05) is 19.5 Å². The number of fused-ring (bicyclic) bond motifs is 1. The van der Waals surface area contributed by atoms with Crippen molar-refractivity contribution in [3.8, 4) is 11.6 Å². The number of rotatable bonds is 7. The lowest BCUT2D eigenvalue weighted by Gasteiger charge is -2.19. The second-order valence-corrected chi connectivity index (χ2v) is 6.55. The molecule has 0 radical (unpaired) electrons. The SMILES string of the molecule is COc1ccc2c(C(=O)C(Nc3ccnc(OC)c3)c3ccccc3)c[nH]c2c1. The van der Waals surface area contributed by atoms with Gasteiger partial charge in [-0.3, -0.25) is 4.79 Å². The van der Waals surface area contributed by atoms with Gasteiger partial charge in [0.05, 0.1) is 14.2 Å². The quantitative estimate of drug-likeness (QED) is 0.453. The zero-order valence-electron chi connectivity index (χ0n) is 16.2. The van der Waals surface area contributed by atoms with E-state index < -0.39 is 6.04 Å². The zero-order chi connectivity index (χ0) is 20.2. The van der Waals surface area contributed by atoms with Crippen LogP contribution in [0.5, 0.6) is 11.6 Å². The summed E-state index contributed by atoms with van der Waals surface area (Å²) in [4.78, 5) is 20.9. The Morgan fingerprint density at radius 1 is 1.03 bits per heavy atom. The van der Waals surface area contributed by atoms with E-state index in [-0.39, 0.29) is 5.78 Å². The Balaban J connectivity index is 1.74. The maximum atomic E-state index is 13.6. The van der Waals surface area contributed by atoms with E-state index in [4.69, 9.17) is 9.47 Å². The van der Waals surface area contributed by atoms with Crippen molar-refractivity contribution in [1.82, 2.24) is 9.97 Å². The summed E-state index contributed by atoms with van der Waals surface area (Å²) < 4.78 is 10.5. The Bertz CT molecular complexity index is 1140. The maximum absolute atomic E-state index is 13.6. The van der Waals surface area contributed by atoms with Gasteiger partial charge in [-0.15, -0.1) is 0 Å². The molecule has 4 aromatic rings. The molecule has 6 heteroatoms. The van der Waals surface area contributed by atoms with Crippen LogP contribution in [0.2, 0.25) is 0 Å². The Kier molecular flexibility index (Phi) is 5.16. The predicted octanol–water partition coefficient (Wildman–Crippen LogP) is 4.62. The highest BCUT2D eigenvalue weighted by molar-refractivity contribution is 6.11. The highest BCUT2D eigenvalue weighted by Gasteiger charge is 2.24. The number of ether oxygens (including phenoxy) is 2. The lowest BCUT2D eigenvalue weighted by atomic mass is 9.96. The van der Waals surface area contributed by atoms with Crippen molar-refractivity contribution in [3.63, 3.8) is 0 Å². The van der Waals surface area contributed by atoms with E-state index in [2.05, 4.69) is 15.3 Å². The van der Waals surface area contributed by atoms with Crippen molar-refractivity contribution < 1.29 is 14.3 Å². The van der Waals surface area contributed by atoms with Crippen molar-refractivity contribution in [2.45, 2.75) is 6.04 Å². The van der Waals surface area contributed by atoms with E-state index in [9.17, 15) is 4.79 Å². The molecule has 2 N–H and O–H groups in total. The average Bonchev–Trinajstić information content (AvgIpc) is 3.21. The number of aromatic nitrogens is 2. The minimum atomic E-state index is -0.565.